The molecule has 0 spiro atoms. The minimum absolute atomic E-state index is 0.256. The standard InChI is InChI=1S/C20H20F3N5O2/c1-4-7-28(9-15(29)25-14-6-5-13(21)17(22)18(14)23)20(30)12-8-10(2)24-19-16(12)11(3)26-27-19/h5-6,8H,4,7,9H2,1-3H3,(H,25,29)(H,24,26,27). The first kappa shape index (κ1) is 21.3. The van der Waals surface area contributed by atoms with Gasteiger partial charge in [0.15, 0.2) is 23.1 Å². The summed E-state index contributed by atoms with van der Waals surface area (Å²) >= 11 is 0. The number of fused-ring (bicyclic) bond motifs is 1. The van der Waals surface area contributed by atoms with Crippen molar-refractivity contribution in [1.29, 1.82) is 0 Å². The van der Waals surface area contributed by atoms with Crippen molar-refractivity contribution in [1.82, 2.24) is 20.1 Å². The van der Waals surface area contributed by atoms with Gasteiger partial charge in [-0.25, -0.2) is 18.2 Å². The number of anilines is 1. The molecule has 0 fully saturated rings. The molecule has 2 amide bonds. The Morgan fingerprint density at radius 3 is 2.60 bits per heavy atom. The number of aryl methyl sites for hydroxylation is 2. The van der Waals surface area contributed by atoms with E-state index in [1.54, 1.807) is 19.9 Å². The number of hydrogen-bond acceptors (Lipinski definition) is 4. The van der Waals surface area contributed by atoms with Crippen molar-refractivity contribution in [2.24, 2.45) is 0 Å². The number of carbonyl (C=O) groups is 2. The maximum atomic E-state index is 13.8. The molecule has 0 bridgehead atoms. The summed E-state index contributed by atoms with van der Waals surface area (Å²) in [7, 11) is 0. The van der Waals surface area contributed by atoms with Crippen LogP contribution in [0, 0.1) is 31.3 Å². The number of aromatic nitrogens is 3. The van der Waals surface area contributed by atoms with E-state index in [1.165, 1.54) is 4.90 Å². The fourth-order valence-corrected chi connectivity index (χ4v) is 3.15. The molecule has 2 aromatic heterocycles. The van der Waals surface area contributed by atoms with Crippen LogP contribution in [-0.4, -0.2) is 45.0 Å². The maximum Gasteiger partial charge on any atom is 0.255 e. The summed E-state index contributed by atoms with van der Waals surface area (Å²) in [6.07, 6.45) is 0.566. The van der Waals surface area contributed by atoms with Crippen molar-refractivity contribution in [3.63, 3.8) is 0 Å². The molecule has 158 valence electrons. The van der Waals surface area contributed by atoms with Gasteiger partial charge in [-0.1, -0.05) is 6.92 Å². The lowest BCUT2D eigenvalue weighted by Crippen LogP contribution is -2.38. The van der Waals surface area contributed by atoms with Crippen LogP contribution in [0.15, 0.2) is 18.2 Å². The highest BCUT2D eigenvalue weighted by atomic mass is 19.2. The van der Waals surface area contributed by atoms with Crippen molar-refractivity contribution in [3.8, 4) is 0 Å². The first-order valence-corrected chi connectivity index (χ1v) is 9.27. The number of halogens is 3. The molecule has 0 atom stereocenters. The van der Waals surface area contributed by atoms with Crippen LogP contribution in [0.4, 0.5) is 18.9 Å². The van der Waals surface area contributed by atoms with Crippen LogP contribution < -0.4 is 5.32 Å². The number of aromatic amines is 1. The number of benzene rings is 1. The number of rotatable bonds is 6. The number of pyridine rings is 1. The van der Waals surface area contributed by atoms with Gasteiger partial charge in [0.25, 0.3) is 5.91 Å². The topological polar surface area (TPSA) is 91.0 Å². The average Bonchev–Trinajstić information content (AvgIpc) is 3.07. The molecule has 1 aromatic carbocycles. The summed E-state index contributed by atoms with van der Waals surface area (Å²) in [5.74, 6) is -5.71. The maximum absolute atomic E-state index is 13.8. The minimum Gasteiger partial charge on any atom is -0.329 e. The predicted molar refractivity (Wildman–Crippen MR) is 105 cm³/mol. The first-order valence-electron chi connectivity index (χ1n) is 9.27. The van der Waals surface area contributed by atoms with Crippen LogP contribution in [0.3, 0.4) is 0 Å². The molecule has 0 unspecified atom stereocenters. The zero-order valence-electron chi connectivity index (χ0n) is 16.6. The van der Waals surface area contributed by atoms with Gasteiger partial charge >= 0.3 is 0 Å². The van der Waals surface area contributed by atoms with Crippen molar-refractivity contribution in [3.05, 3.63) is 52.6 Å². The molecule has 0 saturated carbocycles. The average molecular weight is 419 g/mol. The fraction of sp³-hybridized carbons (Fsp3) is 0.300. The van der Waals surface area contributed by atoms with E-state index < -0.39 is 41.5 Å². The van der Waals surface area contributed by atoms with Gasteiger partial charge in [-0.3, -0.25) is 14.7 Å². The van der Waals surface area contributed by atoms with Crippen LogP contribution >= 0.6 is 0 Å². The molecular formula is C20H20F3N5O2. The van der Waals surface area contributed by atoms with Gasteiger partial charge in [0, 0.05) is 17.9 Å². The molecular weight excluding hydrogens is 399 g/mol. The van der Waals surface area contributed by atoms with Gasteiger partial charge in [-0.2, -0.15) is 5.10 Å². The Hall–Kier alpha value is -3.43. The number of H-pyrrole nitrogens is 1. The minimum atomic E-state index is -1.68. The lowest BCUT2D eigenvalue weighted by molar-refractivity contribution is -0.116. The van der Waals surface area contributed by atoms with Crippen LogP contribution in [0.2, 0.25) is 0 Å². The number of nitrogens with one attached hydrogen (secondary N) is 2. The third-order valence-electron chi connectivity index (χ3n) is 4.49. The highest BCUT2D eigenvalue weighted by Crippen LogP contribution is 2.22. The number of carbonyl (C=O) groups excluding carboxylic acids is 2. The monoisotopic (exact) mass is 419 g/mol. The summed E-state index contributed by atoms with van der Waals surface area (Å²) < 4.78 is 40.3. The molecule has 2 N–H and O–H groups in total. The molecule has 0 aliphatic heterocycles. The first-order chi connectivity index (χ1) is 14.2. The van der Waals surface area contributed by atoms with Crippen molar-refractivity contribution < 1.29 is 22.8 Å². The van der Waals surface area contributed by atoms with E-state index in [1.807, 2.05) is 6.92 Å². The van der Waals surface area contributed by atoms with E-state index in [2.05, 4.69) is 20.5 Å². The molecule has 3 aromatic rings. The summed E-state index contributed by atoms with van der Waals surface area (Å²) in [6.45, 7) is 5.18. The zero-order valence-corrected chi connectivity index (χ0v) is 16.6. The molecule has 0 aliphatic carbocycles. The molecule has 0 radical (unpaired) electrons. The van der Waals surface area contributed by atoms with E-state index >= 15 is 0 Å². The third kappa shape index (κ3) is 4.12. The molecule has 2 heterocycles. The summed E-state index contributed by atoms with van der Waals surface area (Å²) in [5, 5.41) is 9.60. The Kier molecular flexibility index (Phi) is 6.04. The molecule has 0 aliphatic rings. The second-order valence-electron chi connectivity index (χ2n) is 6.86. The van der Waals surface area contributed by atoms with E-state index in [-0.39, 0.29) is 6.54 Å². The molecule has 3 rings (SSSR count). The second-order valence-corrected chi connectivity index (χ2v) is 6.86. The van der Waals surface area contributed by atoms with Gasteiger partial charge in [0.05, 0.1) is 16.6 Å². The zero-order chi connectivity index (χ0) is 22.0. The normalized spacial score (nSPS) is 11.0. The highest BCUT2D eigenvalue weighted by molar-refractivity contribution is 6.07. The van der Waals surface area contributed by atoms with Crippen LogP contribution in [0.25, 0.3) is 11.0 Å². The Balaban J connectivity index is 1.86. The fourth-order valence-electron chi connectivity index (χ4n) is 3.15. The van der Waals surface area contributed by atoms with Gasteiger partial charge in [0.1, 0.15) is 6.54 Å². The Bertz CT molecular complexity index is 1130. The van der Waals surface area contributed by atoms with E-state index in [0.29, 0.717) is 40.5 Å². The van der Waals surface area contributed by atoms with Crippen molar-refractivity contribution >= 4 is 28.5 Å². The Morgan fingerprint density at radius 2 is 1.90 bits per heavy atom. The predicted octanol–water partition coefficient (Wildman–Crippen LogP) is 3.48. The van der Waals surface area contributed by atoms with Crippen molar-refractivity contribution in [2.75, 3.05) is 18.4 Å². The van der Waals surface area contributed by atoms with Crippen LogP contribution in [0.5, 0.6) is 0 Å². The van der Waals surface area contributed by atoms with E-state index in [4.69, 9.17) is 0 Å². The Morgan fingerprint density at radius 1 is 1.17 bits per heavy atom. The number of amides is 2. The van der Waals surface area contributed by atoms with Crippen LogP contribution in [-0.2, 0) is 4.79 Å². The Labute approximate surface area is 170 Å². The SMILES string of the molecule is CCCN(CC(=O)Nc1ccc(F)c(F)c1F)C(=O)c1cc(C)nc2n[nH]c(C)c12. The van der Waals surface area contributed by atoms with Crippen molar-refractivity contribution in [2.45, 2.75) is 27.2 Å². The summed E-state index contributed by atoms with van der Waals surface area (Å²) in [6, 6.07) is 3.24. The van der Waals surface area contributed by atoms with Gasteiger partial charge < -0.3 is 10.2 Å². The second kappa shape index (κ2) is 8.52. The number of hydrogen-bond donors (Lipinski definition) is 2. The lowest BCUT2D eigenvalue weighted by atomic mass is 10.1. The quantitative estimate of drug-likeness (QED) is 0.599. The summed E-state index contributed by atoms with van der Waals surface area (Å²) in [4.78, 5) is 31.2. The van der Waals surface area contributed by atoms with E-state index in [9.17, 15) is 22.8 Å². The lowest BCUT2D eigenvalue weighted by Gasteiger charge is -2.22. The van der Waals surface area contributed by atoms with Crippen LogP contribution in [0.1, 0.15) is 35.1 Å². The van der Waals surface area contributed by atoms with Gasteiger partial charge in [-0.05, 0) is 38.5 Å². The smallest absolute Gasteiger partial charge is 0.255 e. The van der Waals surface area contributed by atoms with Gasteiger partial charge in [-0.15, -0.1) is 0 Å². The molecule has 0 saturated heterocycles. The highest BCUT2D eigenvalue weighted by Gasteiger charge is 2.24. The molecule has 7 nitrogen and oxygen atoms in total. The third-order valence-corrected chi connectivity index (χ3v) is 4.49. The molecule has 10 heteroatoms. The van der Waals surface area contributed by atoms with E-state index in [0.717, 1.165) is 6.07 Å². The van der Waals surface area contributed by atoms with Gasteiger partial charge in [0.2, 0.25) is 5.91 Å². The largest absolute Gasteiger partial charge is 0.329 e. The summed E-state index contributed by atoms with van der Waals surface area (Å²) in [5.41, 5.74) is 1.47. The number of nitrogens with zero attached hydrogens (tertiary/aromatic N) is 3. The molecule has 30 heavy (non-hydrogen) atoms.